The van der Waals surface area contributed by atoms with Crippen LogP contribution in [-0.4, -0.2) is 49.8 Å². The van der Waals surface area contributed by atoms with Crippen molar-refractivity contribution in [3.63, 3.8) is 0 Å². The fourth-order valence-corrected chi connectivity index (χ4v) is 2.28. The van der Waals surface area contributed by atoms with E-state index < -0.39 is 0 Å². The zero-order valence-corrected chi connectivity index (χ0v) is 11.9. The molecule has 0 spiro atoms. The molecule has 0 aromatic heterocycles. The van der Waals surface area contributed by atoms with Crippen molar-refractivity contribution in [3.8, 4) is 0 Å². The van der Waals surface area contributed by atoms with Gasteiger partial charge in [0.1, 0.15) is 0 Å². The van der Waals surface area contributed by atoms with Gasteiger partial charge in [-0.2, -0.15) is 0 Å². The molecule has 1 heterocycles. The lowest BCUT2D eigenvalue weighted by Gasteiger charge is -2.33. The van der Waals surface area contributed by atoms with Gasteiger partial charge >= 0.3 is 0 Å². The molecule has 1 saturated heterocycles. The largest absolute Gasteiger partial charge is 0.379 e. The van der Waals surface area contributed by atoms with E-state index in [4.69, 9.17) is 4.74 Å². The molecule has 0 aromatic carbocycles. The quantitative estimate of drug-likeness (QED) is 0.661. The zero-order valence-electron chi connectivity index (χ0n) is 11.9. The predicted molar refractivity (Wildman–Crippen MR) is 73.5 cm³/mol. The van der Waals surface area contributed by atoms with Gasteiger partial charge in [-0.3, -0.25) is 4.90 Å². The topological polar surface area (TPSA) is 24.5 Å². The van der Waals surface area contributed by atoms with Crippen LogP contribution in [0.5, 0.6) is 0 Å². The highest BCUT2D eigenvalue weighted by atomic mass is 16.5. The van der Waals surface area contributed by atoms with Crippen LogP contribution in [0.3, 0.4) is 0 Å². The minimum absolute atomic E-state index is 0.617. The van der Waals surface area contributed by atoms with Crippen LogP contribution in [0.1, 0.15) is 46.5 Å². The van der Waals surface area contributed by atoms with Crippen LogP contribution >= 0.6 is 0 Å². The summed E-state index contributed by atoms with van der Waals surface area (Å²) >= 11 is 0. The van der Waals surface area contributed by atoms with E-state index in [1.807, 2.05) is 0 Å². The van der Waals surface area contributed by atoms with Gasteiger partial charge in [-0.15, -0.1) is 0 Å². The fraction of sp³-hybridized carbons (Fsp3) is 1.00. The third-order valence-corrected chi connectivity index (χ3v) is 3.43. The zero-order chi connectivity index (χ0) is 12.5. The molecule has 1 aliphatic rings. The molecule has 1 unspecified atom stereocenters. The van der Waals surface area contributed by atoms with Crippen LogP contribution in [0.25, 0.3) is 0 Å². The third-order valence-electron chi connectivity index (χ3n) is 3.43. The maximum Gasteiger partial charge on any atom is 0.0619 e. The summed E-state index contributed by atoms with van der Waals surface area (Å²) in [5.74, 6) is 0. The molecule has 1 aliphatic heterocycles. The molecule has 1 rings (SSSR count). The first-order chi connectivity index (χ1) is 8.20. The molecule has 1 atom stereocenters. The van der Waals surface area contributed by atoms with Gasteiger partial charge in [0.2, 0.25) is 0 Å². The van der Waals surface area contributed by atoms with E-state index in [1.165, 1.54) is 38.8 Å². The lowest BCUT2D eigenvalue weighted by Crippen LogP contribution is -2.43. The molecule has 1 N–H and O–H groups in total. The number of hydrogen-bond donors (Lipinski definition) is 1. The monoisotopic (exact) mass is 242 g/mol. The fourth-order valence-electron chi connectivity index (χ4n) is 2.28. The summed E-state index contributed by atoms with van der Waals surface area (Å²) in [6.45, 7) is 12.1. The highest BCUT2D eigenvalue weighted by Crippen LogP contribution is 2.08. The molecule has 17 heavy (non-hydrogen) atoms. The van der Waals surface area contributed by atoms with E-state index in [2.05, 4.69) is 31.0 Å². The number of rotatable bonds is 8. The summed E-state index contributed by atoms with van der Waals surface area (Å²) in [4.78, 5) is 2.57. The number of morpholine rings is 1. The normalized spacial score (nSPS) is 22.2. The van der Waals surface area contributed by atoms with Gasteiger partial charge in [-0.05, 0) is 32.9 Å². The standard InChI is InChI=1S/C14H30N2O/c1-13(2)15-8-6-4-5-7-9-16-10-11-17-12-14(16)3/h13-15H,4-12H2,1-3H3. The SMILES string of the molecule is CC(C)NCCCCCCN1CCOCC1C. The van der Waals surface area contributed by atoms with E-state index in [0.717, 1.165) is 19.8 Å². The summed E-state index contributed by atoms with van der Waals surface area (Å²) in [6.07, 6.45) is 5.38. The van der Waals surface area contributed by atoms with Crippen molar-refractivity contribution in [2.45, 2.75) is 58.5 Å². The minimum Gasteiger partial charge on any atom is -0.379 e. The van der Waals surface area contributed by atoms with Crippen molar-refractivity contribution >= 4 is 0 Å². The number of hydrogen-bond acceptors (Lipinski definition) is 3. The molecular formula is C14H30N2O. The van der Waals surface area contributed by atoms with Crippen LogP contribution in [-0.2, 0) is 4.74 Å². The predicted octanol–water partition coefficient (Wildman–Crippen LogP) is 2.27. The molecule has 3 nitrogen and oxygen atoms in total. The second-order valence-corrected chi connectivity index (χ2v) is 5.48. The Balaban J connectivity index is 1.89. The molecule has 3 heteroatoms. The Bertz CT molecular complexity index is 185. The molecule has 0 bridgehead atoms. The third kappa shape index (κ3) is 7.02. The smallest absolute Gasteiger partial charge is 0.0619 e. The molecule has 0 amide bonds. The van der Waals surface area contributed by atoms with Crippen LogP contribution < -0.4 is 5.32 Å². The Morgan fingerprint density at radius 2 is 2.00 bits per heavy atom. The summed E-state index contributed by atoms with van der Waals surface area (Å²) in [5, 5.41) is 3.47. The van der Waals surface area contributed by atoms with Gasteiger partial charge in [-0.1, -0.05) is 26.7 Å². The summed E-state index contributed by atoms with van der Waals surface area (Å²) in [7, 11) is 0. The second kappa shape index (κ2) is 8.90. The van der Waals surface area contributed by atoms with Gasteiger partial charge in [-0.25, -0.2) is 0 Å². The van der Waals surface area contributed by atoms with E-state index in [9.17, 15) is 0 Å². The number of nitrogens with zero attached hydrogens (tertiary/aromatic N) is 1. The van der Waals surface area contributed by atoms with E-state index >= 15 is 0 Å². The Hall–Kier alpha value is -0.120. The molecule has 0 saturated carbocycles. The number of nitrogens with one attached hydrogen (secondary N) is 1. The van der Waals surface area contributed by atoms with Gasteiger partial charge in [0, 0.05) is 18.6 Å². The molecule has 0 radical (unpaired) electrons. The van der Waals surface area contributed by atoms with Crippen molar-refractivity contribution < 1.29 is 4.74 Å². The van der Waals surface area contributed by atoms with E-state index in [1.54, 1.807) is 0 Å². The van der Waals surface area contributed by atoms with Crippen LogP contribution in [0.2, 0.25) is 0 Å². The second-order valence-electron chi connectivity index (χ2n) is 5.48. The number of ether oxygens (including phenoxy) is 1. The lowest BCUT2D eigenvalue weighted by molar-refractivity contribution is -0.000915. The molecule has 0 aliphatic carbocycles. The molecule has 102 valence electrons. The van der Waals surface area contributed by atoms with Gasteiger partial charge < -0.3 is 10.1 Å². The first kappa shape index (κ1) is 14.9. The first-order valence-corrected chi connectivity index (χ1v) is 7.25. The van der Waals surface area contributed by atoms with Crippen molar-refractivity contribution in [1.82, 2.24) is 10.2 Å². The van der Waals surface area contributed by atoms with Crippen LogP contribution in [0.15, 0.2) is 0 Å². The average molecular weight is 242 g/mol. The number of unbranched alkanes of at least 4 members (excludes halogenated alkanes) is 3. The van der Waals surface area contributed by atoms with Crippen LogP contribution in [0.4, 0.5) is 0 Å². The van der Waals surface area contributed by atoms with Crippen molar-refractivity contribution in [3.05, 3.63) is 0 Å². The summed E-state index contributed by atoms with van der Waals surface area (Å²) in [5.41, 5.74) is 0. The molecule has 1 fully saturated rings. The Kier molecular flexibility index (Phi) is 7.82. The van der Waals surface area contributed by atoms with Crippen molar-refractivity contribution in [2.24, 2.45) is 0 Å². The molecular weight excluding hydrogens is 212 g/mol. The highest BCUT2D eigenvalue weighted by molar-refractivity contribution is 4.70. The Morgan fingerprint density at radius 3 is 2.71 bits per heavy atom. The van der Waals surface area contributed by atoms with Gasteiger partial charge in [0.15, 0.2) is 0 Å². The Labute approximate surface area is 107 Å². The molecule has 0 aromatic rings. The van der Waals surface area contributed by atoms with Gasteiger partial charge in [0.05, 0.1) is 13.2 Å². The average Bonchev–Trinajstić information content (AvgIpc) is 2.30. The maximum absolute atomic E-state index is 5.44. The van der Waals surface area contributed by atoms with E-state index in [0.29, 0.717) is 12.1 Å². The first-order valence-electron chi connectivity index (χ1n) is 7.25. The van der Waals surface area contributed by atoms with Crippen molar-refractivity contribution in [2.75, 3.05) is 32.8 Å². The summed E-state index contributed by atoms with van der Waals surface area (Å²) < 4.78 is 5.44. The maximum atomic E-state index is 5.44. The Morgan fingerprint density at radius 1 is 1.24 bits per heavy atom. The van der Waals surface area contributed by atoms with E-state index in [-0.39, 0.29) is 0 Å². The summed E-state index contributed by atoms with van der Waals surface area (Å²) in [6, 6.07) is 1.25. The lowest BCUT2D eigenvalue weighted by atomic mass is 10.1. The van der Waals surface area contributed by atoms with Crippen LogP contribution in [0, 0.1) is 0 Å². The van der Waals surface area contributed by atoms with Crippen molar-refractivity contribution in [1.29, 1.82) is 0 Å². The minimum atomic E-state index is 0.617. The highest BCUT2D eigenvalue weighted by Gasteiger charge is 2.17. The van der Waals surface area contributed by atoms with Gasteiger partial charge in [0.25, 0.3) is 0 Å².